The molecule has 0 unspecified atom stereocenters. The fourth-order valence-corrected chi connectivity index (χ4v) is 2.66. The first-order valence-corrected chi connectivity index (χ1v) is 8.79. The summed E-state index contributed by atoms with van der Waals surface area (Å²) in [6.45, 7) is 0.741. The average molecular weight is 387 g/mol. The summed E-state index contributed by atoms with van der Waals surface area (Å²) in [7, 11) is 0. The molecule has 0 aliphatic rings. The molecule has 0 N–H and O–H groups in total. The summed E-state index contributed by atoms with van der Waals surface area (Å²) in [5.41, 5.74) is 1.18. The quantitative estimate of drug-likeness (QED) is 0.386. The molecule has 0 spiro atoms. The molecule has 0 fully saturated rings. The number of benzene rings is 3. The summed E-state index contributed by atoms with van der Waals surface area (Å²) in [5, 5.41) is 1.17. The number of halogens is 2. The van der Waals surface area contributed by atoms with Crippen molar-refractivity contribution >= 4 is 29.0 Å². The minimum absolute atomic E-state index is 0.0599. The van der Waals surface area contributed by atoms with Gasteiger partial charge >= 0.3 is 0 Å². The van der Waals surface area contributed by atoms with Crippen LogP contribution in [0, 0.1) is 0 Å². The minimum atomic E-state index is -0.0599. The number of hydrogen-bond donors (Lipinski definition) is 0. The van der Waals surface area contributed by atoms with Gasteiger partial charge in [-0.25, -0.2) is 0 Å². The number of carbonyl (C=O) groups excluding carboxylic acids is 1. The van der Waals surface area contributed by atoms with Crippen molar-refractivity contribution in [3.63, 3.8) is 0 Å². The van der Waals surface area contributed by atoms with Crippen LogP contribution >= 0.6 is 23.2 Å². The lowest BCUT2D eigenvalue weighted by atomic mass is 10.0. The van der Waals surface area contributed by atoms with Crippen molar-refractivity contribution < 1.29 is 14.3 Å². The summed E-state index contributed by atoms with van der Waals surface area (Å²) in [4.78, 5) is 12.4. The second-order valence-electron chi connectivity index (χ2n) is 5.49. The van der Waals surface area contributed by atoms with Crippen LogP contribution in [0.25, 0.3) is 0 Å². The minimum Gasteiger partial charge on any atom is -0.490 e. The molecule has 132 valence electrons. The normalized spacial score (nSPS) is 10.4. The van der Waals surface area contributed by atoms with Crippen molar-refractivity contribution in [2.24, 2.45) is 0 Å². The number of carbonyl (C=O) groups is 1. The zero-order valence-corrected chi connectivity index (χ0v) is 15.3. The molecule has 3 rings (SSSR count). The second-order valence-corrected chi connectivity index (χ2v) is 6.33. The molecule has 26 heavy (non-hydrogen) atoms. The van der Waals surface area contributed by atoms with Gasteiger partial charge in [0.05, 0.1) is 5.02 Å². The molecule has 3 aromatic carbocycles. The molecule has 0 radical (unpaired) electrons. The van der Waals surface area contributed by atoms with Crippen LogP contribution in [0.1, 0.15) is 15.9 Å². The monoisotopic (exact) mass is 386 g/mol. The highest BCUT2D eigenvalue weighted by molar-refractivity contribution is 6.32. The van der Waals surface area contributed by atoms with E-state index in [1.807, 2.05) is 12.1 Å². The highest BCUT2D eigenvalue weighted by Crippen LogP contribution is 2.23. The maximum Gasteiger partial charge on any atom is 0.193 e. The van der Waals surface area contributed by atoms with Gasteiger partial charge < -0.3 is 9.47 Å². The van der Waals surface area contributed by atoms with E-state index in [0.29, 0.717) is 45.9 Å². The Kier molecular flexibility index (Phi) is 6.16. The van der Waals surface area contributed by atoms with E-state index in [1.54, 1.807) is 60.7 Å². The Balaban J connectivity index is 1.52. The molecule has 3 aromatic rings. The molecular formula is C21H16Cl2O3. The van der Waals surface area contributed by atoms with Crippen molar-refractivity contribution in [1.29, 1.82) is 0 Å². The van der Waals surface area contributed by atoms with Gasteiger partial charge in [0.15, 0.2) is 5.78 Å². The molecule has 0 aliphatic carbocycles. The summed E-state index contributed by atoms with van der Waals surface area (Å²) in [5.74, 6) is 1.23. The standard InChI is InChI=1S/C21H16Cl2O3/c22-17-9-5-15(6-10-17)21(24)16-7-11-18(12-8-16)25-13-14-26-20-4-2-1-3-19(20)23/h1-12H,13-14H2. The largest absolute Gasteiger partial charge is 0.490 e. The van der Waals surface area contributed by atoms with Crippen LogP contribution in [0.2, 0.25) is 10.0 Å². The van der Waals surface area contributed by atoms with Gasteiger partial charge in [0.1, 0.15) is 24.7 Å². The van der Waals surface area contributed by atoms with Crippen LogP contribution in [0.15, 0.2) is 72.8 Å². The van der Waals surface area contributed by atoms with E-state index in [0.717, 1.165) is 0 Å². The number of hydrogen-bond acceptors (Lipinski definition) is 3. The highest BCUT2D eigenvalue weighted by atomic mass is 35.5. The van der Waals surface area contributed by atoms with Crippen LogP contribution in [0.3, 0.4) is 0 Å². The van der Waals surface area contributed by atoms with Gasteiger partial charge in [-0.2, -0.15) is 0 Å². The van der Waals surface area contributed by atoms with Crippen LogP contribution in [-0.4, -0.2) is 19.0 Å². The molecule has 0 atom stereocenters. The van der Waals surface area contributed by atoms with Gasteiger partial charge in [-0.15, -0.1) is 0 Å². The molecule has 0 aromatic heterocycles. The van der Waals surface area contributed by atoms with Crippen molar-refractivity contribution in [2.75, 3.05) is 13.2 Å². The molecule has 0 aliphatic heterocycles. The van der Waals surface area contributed by atoms with Crippen molar-refractivity contribution in [2.45, 2.75) is 0 Å². The zero-order valence-electron chi connectivity index (χ0n) is 13.8. The maximum atomic E-state index is 12.4. The number of rotatable bonds is 7. The number of ether oxygens (including phenoxy) is 2. The van der Waals surface area contributed by atoms with E-state index in [-0.39, 0.29) is 5.78 Å². The number of para-hydroxylation sites is 1. The zero-order chi connectivity index (χ0) is 18.4. The van der Waals surface area contributed by atoms with Crippen LogP contribution in [0.4, 0.5) is 0 Å². The third-order valence-electron chi connectivity index (χ3n) is 3.67. The van der Waals surface area contributed by atoms with E-state index in [2.05, 4.69) is 0 Å². The lowest BCUT2D eigenvalue weighted by Gasteiger charge is -2.10. The average Bonchev–Trinajstić information content (AvgIpc) is 2.67. The molecule has 0 saturated carbocycles. The van der Waals surface area contributed by atoms with Gasteiger partial charge in [0.25, 0.3) is 0 Å². The highest BCUT2D eigenvalue weighted by Gasteiger charge is 2.09. The first-order chi connectivity index (χ1) is 12.6. The fourth-order valence-electron chi connectivity index (χ4n) is 2.34. The van der Waals surface area contributed by atoms with Crippen molar-refractivity contribution in [3.8, 4) is 11.5 Å². The van der Waals surface area contributed by atoms with Crippen molar-refractivity contribution in [1.82, 2.24) is 0 Å². The summed E-state index contributed by atoms with van der Waals surface area (Å²) < 4.78 is 11.2. The summed E-state index contributed by atoms with van der Waals surface area (Å²) >= 11 is 11.9. The van der Waals surface area contributed by atoms with Crippen LogP contribution in [0.5, 0.6) is 11.5 Å². The molecular weight excluding hydrogens is 371 g/mol. The lowest BCUT2D eigenvalue weighted by molar-refractivity contribution is 0.103. The smallest absolute Gasteiger partial charge is 0.193 e. The Hall–Kier alpha value is -2.49. The molecule has 0 bridgehead atoms. The van der Waals surface area contributed by atoms with E-state index >= 15 is 0 Å². The van der Waals surface area contributed by atoms with Crippen LogP contribution in [-0.2, 0) is 0 Å². The SMILES string of the molecule is O=C(c1ccc(Cl)cc1)c1ccc(OCCOc2ccccc2Cl)cc1. The molecule has 5 heteroatoms. The van der Waals surface area contributed by atoms with Crippen molar-refractivity contribution in [3.05, 3.63) is 94.0 Å². The van der Waals surface area contributed by atoms with E-state index < -0.39 is 0 Å². The number of ketones is 1. The van der Waals surface area contributed by atoms with E-state index in [1.165, 1.54) is 0 Å². The molecule has 0 saturated heterocycles. The molecule has 0 heterocycles. The Morgan fingerprint density at radius 1 is 0.731 bits per heavy atom. The summed E-state index contributed by atoms with van der Waals surface area (Å²) in [6.07, 6.45) is 0. The first kappa shape index (κ1) is 18.3. The van der Waals surface area contributed by atoms with Gasteiger partial charge in [-0.05, 0) is 60.7 Å². The fraction of sp³-hybridized carbons (Fsp3) is 0.0952. The Morgan fingerprint density at radius 2 is 1.31 bits per heavy atom. The second kappa shape index (κ2) is 8.75. The Morgan fingerprint density at radius 3 is 1.96 bits per heavy atom. The predicted molar refractivity (Wildman–Crippen MR) is 104 cm³/mol. The van der Waals surface area contributed by atoms with E-state index in [4.69, 9.17) is 32.7 Å². The third kappa shape index (κ3) is 4.78. The summed E-state index contributed by atoms with van der Waals surface area (Å²) in [6, 6.07) is 21.1. The molecule has 3 nitrogen and oxygen atoms in total. The molecule has 0 amide bonds. The van der Waals surface area contributed by atoms with Gasteiger partial charge in [-0.3, -0.25) is 4.79 Å². The predicted octanol–water partition coefficient (Wildman–Crippen LogP) is 5.68. The Bertz CT molecular complexity index is 875. The maximum absolute atomic E-state index is 12.4. The van der Waals surface area contributed by atoms with Gasteiger partial charge in [-0.1, -0.05) is 35.3 Å². The third-order valence-corrected chi connectivity index (χ3v) is 4.23. The lowest BCUT2D eigenvalue weighted by Crippen LogP contribution is -2.09. The first-order valence-electron chi connectivity index (χ1n) is 8.04. The topological polar surface area (TPSA) is 35.5 Å². The van der Waals surface area contributed by atoms with Gasteiger partial charge in [0, 0.05) is 16.1 Å². The van der Waals surface area contributed by atoms with E-state index in [9.17, 15) is 4.79 Å². The van der Waals surface area contributed by atoms with Crippen LogP contribution < -0.4 is 9.47 Å². The van der Waals surface area contributed by atoms with Gasteiger partial charge in [0.2, 0.25) is 0 Å². The Labute approximate surface area is 162 Å².